The summed E-state index contributed by atoms with van der Waals surface area (Å²) in [6, 6.07) is 10.6. The van der Waals surface area contributed by atoms with Crippen molar-refractivity contribution in [3.63, 3.8) is 0 Å². The molecule has 0 spiro atoms. The average molecular weight is 471 g/mol. The van der Waals surface area contributed by atoms with Gasteiger partial charge in [0.05, 0.1) is 10.6 Å². The van der Waals surface area contributed by atoms with Gasteiger partial charge in [-0.1, -0.05) is 18.2 Å². The molecule has 4 amide bonds. The van der Waals surface area contributed by atoms with Crippen LogP contribution >= 0.6 is 0 Å². The van der Waals surface area contributed by atoms with Gasteiger partial charge >= 0.3 is 6.03 Å². The Balaban J connectivity index is 1.41. The third kappa shape index (κ3) is 4.43. The van der Waals surface area contributed by atoms with Gasteiger partial charge in [0.1, 0.15) is 12.1 Å². The van der Waals surface area contributed by atoms with Crippen LogP contribution in [0.5, 0.6) is 0 Å². The van der Waals surface area contributed by atoms with Gasteiger partial charge in [0.2, 0.25) is 5.91 Å². The molecule has 10 heteroatoms. The van der Waals surface area contributed by atoms with E-state index in [1.54, 1.807) is 6.92 Å². The first-order valence-corrected chi connectivity index (χ1v) is 12.1. The molecule has 0 aromatic heterocycles. The van der Waals surface area contributed by atoms with Gasteiger partial charge in [-0.15, -0.1) is 0 Å². The van der Waals surface area contributed by atoms with E-state index < -0.39 is 40.0 Å². The highest BCUT2D eigenvalue weighted by Gasteiger charge is 2.56. The molecule has 2 fully saturated rings. The van der Waals surface area contributed by atoms with Crippen LogP contribution in [0.1, 0.15) is 30.9 Å². The molecule has 1 aliphatic heterocycles. The predicted molar refractivity (Wildman–Crippen MR) is 123 cm³/mol. The van der Waals surface area contributed by atoms with E-state index >= 15 is 0 Å². The maximum Gasteiger partial charge on any atom is 0.325 e. The fraction of sp³-hybridized carbons (Fsp3) is 0.348. The van der Waals surface area contributed by atoms with Crippen LogP contribution in [0.25, 0.3) is 0 Å². The summed E-state index contributed by atoms with van der Waals surface area (Å²) in [4.78, 5) is 38.3. The number of carbonyl (C=O) groups is 3. The van der Waals surface area contributed by atoms with Crippen molar-refractivity contribution < 1.29 is 22.8 Å². The second kappa shape index (κ2) is 8.18. The zero-order chi connectivity index (χ0) is 24.0. The normalized spacial score (nSPS) is 20.5. The molecule has 9 nitrogen and oxygen atoms in total. The molecule has 4 rings (SSSR count). The number of benzene rings is 2. The minimum absolute atomic E-state index is 0.0393. The summed E-state index contributed by atoms with van der Waals surface area (Å²) >= 11 is 0. The number of imide groups is 1. The molecule has 174 valence electrons. The number of hydrogen-bond acceptors (Lipinski definition) is 5. The topological polar surface area (TPSA) is 125 Å². The van der Waals surface area contributed by atoms with Crippen LogP contribution in [0, 0.1) is 19.8 Å². The van der Waals surface area contributed by atoms with Crippen LogP contribution in [-0.2, 0) is 19.6 Å². The van der Waals surface area contributed by atoms with Crippen molar-refractivity contribution in [2.24, 2.45) is 5.92 Å². The molecule has 3 N–H and O–H groups in total. The number of carbonyl (C=O) groups excluding carboxylic acids is 3. The van der Waals surface area contributed by atoms with Gasteiger partial charge in [-0.05, 0) is 74.9 Å². The Hall–Kier alpha value is -3.40. The Morgan fingerprint density at radius 3 is 2.27 bits per heavy atom. The molecule has 1 saturated carbocycles. The first kappa shape index (κ1) is 22.8. The molecule has 0 bridgehead atoms. The number of amides is 4. The van der Waals surface area contributed by atoms with Crippen molar-refractivity contribution in [1.29, 1.82) is 0 Å². The summed E-state index contributed by atoms with van der Waals surface area (Å²) in [7, 11) is -3.82. The second-order valence-electron chi connectivity index (χ2n) is 8.74. The number of hydrogen-bond donors (Lipinski definition) is 3. The number of aryl methyl sites for hydroxylation is 2. The van der Waals surface area contributed by atoms with E-state index in [2.05, 4.69) is 15.4 Å². The zero-order valence-electron chi connectivity index (χ0n) is 18.6. The lowest BCUT2D eigenvalue weighted by Crippen LogP contribution is -2.46. The molecule has 2 aromatic carbocycles. The molecule has 1 heterocycles. The largest absolute Gasteiger partial charge is 0.325 e. The highest BCUT2D eigenvalue weighted by molar-refractivity contribution is 7.92. The summed E-state index contributed by atoms with van der Waals surface area (Å²) in [6.45, 7) is 4.92. The van der Waals surface area contributed by atoms with E-state index in [9.17, 15) is 22.8 Å². The molecule has 1 aliphatic carbocycles. The Morgan fingerprint density at radius 2 is 1.70 bits per heavy atom. The van der Waals surface area contributed by atoms with Gasteiger partial charge in [0.15, 0.2) is 0 Å². The predicted octanol–water partition coefficient (Wildman–Crippen LogP) is 2.76. The second-order valence-corrected chi connectivity index (χ2v) is 10.4. The monoisotopic (exact) mass is 470 g/mol. The third-order valence-electron chi connectivity index (χ3n) is 6.16. The smallest absolute Gasteiger partial charge is 0.325 e. The first-order chi connectivity index (χ1) is 15.5. The lowest BCUT2D eigenvalue weighted by molar-refractivity contribution is -0.134. The van der Waals surface area contributed by atoms with Crippen LogP contribution < -0.4 is 15.4 Å². The molecule has 2 aromatic rings. The van der Waals surface area contributed by atoms with Gasteiger partial charge in [-0.3, -0.25) is 19.2 Å². The summed E-state index contributed by atoms with van der Waals surface area (Å²) in [5, 5.41) is 5.30. The van der Waals surface area contributed by atoms with Crippen LogP contribution in [-0.4, -0.2) is 43.2 Å². The summed E-state index contributed by atoms with van der Waals surface area (Å²) in [5.74, 6) is -0.847. The molecule has 1 unspecified atom stereocenters. The van der Waals surface area contributed by atoms with Crippen LogP contribution in [0.2, 0.25) is 0 Å². The SMILES string of the molecule is Cc1cccc(C)c1NS(=O)(=O)c1ccc(NC(=O)CN2C(=O)NC(C)(C3CC3)C2=O)cc1. The molecule has 1 atom stereocenters. The van der Waals surface area contributed by atoms with Gasteiger partial charge in [-0.2, -0.15) is 0 Å². The lowest BCUT2D eigenvalue weighted by atomic mass is 9.96. The molecular formula is C23H26N4O5S. The van der Waals surface area contributed by atoms with E-state index in [4.69, 9.17) is 0 Å². The highest BCUT2D eigenvalue weighted by Crippen LogP contribution is 2.42. The number of sulfonamides is 1. The number of urea groups is 1. The summed E-state index contributed by atoms with van der Waals surface area (Å²) in [6.07, 6.45) is 1.74. The fourth-order valence-electron chi connectivity index (χ4n) is 4.03. The Labute approximate surface area is 192 Å². The van der Waals surface area contributed by atoms with E-state index in [0.717, 1.165) is 28.9 Å². The lowest BCUT2D eigenvalue weighted by Gasteiger charge is -2.20. The maximum atomic E-state index is 12.8. The van der Waals surface area contributed by atoms with E-state index in [1.807, 2.05) is 32.0 Å². The Kier molecular flexibility index (Phi) is 5.65. The minimum atomic E-state index is -3.82. The van der Waals surface area contributed by atoms with E-state index in [1.165, 1.54) is 24.3 Å². The van der Waals surface area contributed by atoms with Crippen LogP contribution in [0.3, 0.4) is 0 Å². The van der Waals surface area contributed by atoms with Crippen LogP contribution in [0.4, 0.5) is 16.2 Å². The molecule has 0 radical (unpaired) electrons. The van der Waals surface area contributed by atoms with Gasteiger partial charge < -0.3 is 10.6 Å². The number of para-hydroxylation sites is 1. The van der Waals surface area contributed by atoms with Crippen molar-refractivity contribution >= 4 is 39.2 Å². The molecule has 2 aliphatic rings. The highest BCUT2D eigenvalue weighted by atomic mass is 32.2. The molecular weight excluding hydrogens is 444 g/mol. The first-order valence-electron chi connectivity index (χ1n) is 10.6. The van der Waals surface area contributed by atoms with E-state index in [-0.39, 0.29) is 10.8 Å². The summed E-state index contributed by atoms with van der Waals surface area (Å²) < 4.78 is 28.2. The fourth-order valence-corrected chi connectivity index (χ4v) is 5.23. The zero-order valence-corrected chi connectivity index (χ0v) is 19.5. The van der Waals surface area contributed by atoms with Crippen molar-refractivity contribution in [2.75, 3.05) is 16.6 Å². The minimum Gasteiger partial charge on any atom is -0.325 e. The average Bonchev–Trinajstić information content (AvgIpc) is 3.57. The van der Waals surface area contributed by atoms with Crippen molar-refractivity contribution in [3.05, 3.63) is 53.6 Å². The van der Waals surface area contributed by atoms with Gasteiger partial charge in [0.25, 0.3) is 15.9 Å². The van der Waals surface area contributed by atoms with Crippen molar-refractivity contribution in [3.8, 4) is 0 Å². The number of rotatable bonds is 7. The molecule has 33 heavy (non-hydrogen) atoms. The quantitative estimate of drug-likeness (QED) is 0.537. The summed E-state index contributed by atoms with van der Waals surface area (Å²) in [5.41, 5.74) is 1.54. The standard InChI is InChI=1S/C23H26N4O5S/c1-14-5-4-6-15(2)20(14)26-33(31,32)18-11-9-17(10-12-18)24-19(28)13-27-21(29)23(3,16-7-8-16)25-22(27)30/h4-6,9-12,16,26H,7-8,13H2,1-3H3,(H,24,28)(H,25,30). The maximum absolute atomic E-state index is 12.8. The Bertz CT molecular complexity index is 1220. The number of nitrogens with one attached hydrogen (secondary N) is 3. The Morgan fingerprint density at radius 1 is 1.09 bits per heavy atom. The van der Waals surface area contributed by atoms with E-state index in [0.29, 0.717) is 11.4 Å². The number of nitrogens with zero attached hydrogens (tertiary/aromatic N) is 1. The third-order valence-corrected chi connectivity index (χ3v) is 7.53. The number of anilines is 2. The van der Waals surface area contributed by atoms with Crippen molar-refractivity contribution in [1.82, 2.24) is 10.2 Å². The van der Waals surface area contributed by atoms with Gasteiger partial charge in [0, 0.05) is 5.69 Å². The van der Waals surface area contributed by atoms with Crippen LogP contribution in [0.15, 0.2) is 47.4 Å². The molecule has 1 saturated heterocycles. The van der Waals surface area contributed by atoms with Crippen molar-refractivity contribution in [2.45, 2.75) is 44.0 Å². The van der Waals surface area contributed by atoms with Gasteiger partial charge in [-0.25, -0.2) is 13.2 Å².